The van der Waals surface area contributed by atoms with Gasteiger partial charge in [0.05, 0.1) is 11.1 Å². The molecule has 1 atom stereocenters. The molecule has 1 aromatic carbocycles. The Labute approximate surface area is 206 Å². The number of nitrogens with zero attached hydrogens (tertiary/aromatic N) is 4. The van der Waals surface area contributed by atoms with Crippen molar-refractivity contribution in [1.29, 1.82) is 0 Å². The molecule has 0 bridgehead atoms. The van der Waals surface area contributed by atoms with Gasteiger partial charge in [0, 0.05) is 25.5 Å². The first-order valence-electron chi connectivity index (χ1n) is 11.6. The quantitative estimate of drug-likeness (QED) is 0.523. The number of rotatable bonds is 6. The molecule has 35 heavy (non-hydrogen) atoms. The summed E-state index contributed by atoms with van der Waals surface area (Å²) in [7, 11) is 3.63. The molecule has 11 heteroatoms. The number of carbonyl (C=O) groups excluding carboxylic acids is 2. The van der Waals surface area contributed by atoms with Gasteiger partial charge in [0.15, 0.2) is 12.4 Å². The molecule has 2 aromatic heterocycles. The number of alkyl carbamates (subject to hydrolysis) is 1. The SMILES string of the molecule is Cn1cnc(COC(=O)NC2CCc3c2c(C2CCC2)n(C)c3C(=O)Nc2ccc(F)c(Cl)c2)n1. The molecule has 0 saturated heterocycles. The van der Waals surface area contributed by atoms with E-state index < -0.39 is 11.9 Å². The minimum atomic E-state index is -0.550. The van der Waals surface area contributed by atoms with Gasteiger partial charge in [-0.2, -0.15) is 5.10 Å². The van der Waals surface area contributed by atoms with Gasteiger partial charge in [-0.05, 0) is 60.9 Å². The maximum absolute atomic E-state index is 13.5. The zero-order valence-electron chi connectivity index (χ0n) is 19.5. The lowest BCUT2D eigenvalue weighted by Crippen LogP contribution is -2.29. The minimum absolute atomic E-state index is 0.0234. The lowest BCUT2D eigenvalue weighted by atomic mass is 9.80. The number of halogens is 2. The minimum Gasteiger partial charge on any atom is -0.441 e. The maximum Gasteiger partial charge on any atom is 0.408 e. The van der Waals surface area contributed by atoms with Gasteiger partial charge in [0.25, 0.3) is 5.91 Å². The van der Waals surface area contributed by atoms with Gasteiger partial charge in [-0.15, -0.1) is 0 Å². The van der Waals surface area contributed by atoms with Crippen molar-refractivity contribution in [2.24, 2.45) is 14.1 Å². The molecule has 0 spiro atoms. The molecule has 0 radical (unpaired) electrons. The molecule has 2 aliphatic rings. The predicted molar refractivity (Wildman–Crippen MR) is 127 cm³/mol. The molecule has 2 amide bonds. The number of nitrogens with one attached hydrogen (secondary N) is 2. The molecule has 1 saturated carbocycles. The predicted octanol–water partition coefficient (Wildman–Crippen LogP) is 4.38. The third-order valence-electron chi connectivity index (χ3n) is 6.77. The number of anilines is 1. The molecule has 3 aromatic rings. The fourth-order valence-electron chi connectivity index (χ4n) is 5.00. The lowest BCUT2D eigenvalue weighted by molar-refractivity contribution is 0.101. The second-order valence-electron chi connectivity index (χ2n) is 9.04. The molecule has 1 unspecified atom stereocenters. The Balaban J connectivity index is 1.38. The number of benzene rings is 1. The fraction of sp³-hybridized carbons (Fsp3) is 0.417. The van der Waals surface area contributed by atoms with E-state index in [0.29, 0.717) is 36.0 Å². The summed E-state index contributed by atoms with van der Waals surface area (Å²) >= 11 is 5.88. The number of carbonyl (C=O) groups is 2. The Morgan fingerprint density at radius 1 is 1.26 bits per heavy atom. The number of ether oxygens (including phenoxy) is 1. The number of amides is 2. The van der Waals surface area contributed by atoms with Crippen molar-refractivity contribution < 1.29 is 18.7 Å². The molecular formula is C24H26ClFN6O3. The third kappa shape index (κ3) is 4.50. The van der Waals surface area contributed by atoms with Gasteiger partial charge in [-0.3, -0.25) is 9.48 Å². The van der Waals surface area contributed by atoms with E-state index in [-0.39, 0.29) is 23.6 Å². The molecule has 2 aliphatic carbocycles. The molecular weight excluding hydrogens is 475 g/mol. The zero-order chi connectivity index (χ0) is 24.7. The molecule has 2 heterocycles. The molecule has 184 valence electrons. The normalized spacial score (nSPS) is 17.1. The van der Waals surface area contributed by atoms with Crippen LogP contribution in [0.5, 0.6) is 0 Å². The van der Waals surface area contributed by atoms with Gasteiger partial charge >= 0.3 is 6.09 Å². The average Bonchev–Trinajstić information content (AvgIpc) is 3.45. The molecule has 9 nitrogen and oxygen atoms in total. The van der Waals surface area contributed by atoms with Crippen LogP contribution >= 0.6 is 11.6 Å². The number of hydrogen-bond acceptors (Lipinski definition) is 5. The van der Waals surface area contributed by atoms with E-state index in [9.17, 15) is 14.0 Å². The summed E-state index contributed by atoms with van der Waals surface area (Å²) in [4.78, 5) is 29.9. The van der Waals surface area contributed by atoms with Crippen LogP contribution in [0.2, 0.25) is 5.02 Å². The van der Waals surface area contributed by atoms with Crippen molar-refractivity contribution in [3.8, 4) is 0 Å². The van der Waals surface area contributed by atoms with Crippen LogP contribution in [-0.4, -0.2) is 31.3 Å². The monoisotopic (exact) mass is 500 g/mol. The van der Waals surface area contributed by atoms with E-state index in [0.717, 1.165) is 36.1 Å². The number of aromatic nitrogens is 4. The topological polar surface area (TPSA) is 103 Å². The van der Waals surface area contributed by atoms with Gasteiger partial charge < -0.3 is 19.9 Å². The fourth-order valence-corrected chi connectivity index (χ4v) is 5.18. The number of fused-ring (bicyclic) bond motifs is 1. The first kappa shape index (κ1) is 23.3. The van der Waals surface area contributed by atoms with Gasteiger partial charge in [0.1, 0.15) is 17.8 Å². The van der Waals surface area contributed by atoms with Crippen molar-refractivity contribution in [3.63, 3.8) is 0 Å². The van der Waals surface area contributed by atoms with E-state index in [1.165, 1.54) is 18.2 Å². The summed E-state index contributed by atoms with van der Waals surface area (Å²) in [5, 5.41) is 9.87. The highest BCUT2D eigenvalue weighted by Crippen LogP contribution is 2.46. The van der Waals surface area contributed by atoms with Gasteiger partial charge in [-0.25, -0.2) is 14.2 Å². The van der Waals surface area contributed by atoms with Crippen molar-refractivity contribution in [2.75, 3.05) is 5.32 Å². The Bertz CT molecular complexity index is 1300. The van der Waals surface area contributed by atoms with Crippen molar-refractivity contribution in [3.05, 3.63) is 63.7 Å². The number of hydrogen-bond donors (Lipinski definition) is 2. The summed E-state index contributed by atoms with van der Waals surface area (Å²) in [6.07, 6.45) is 5.53. The molecule has 2 N–H and O–H groups in total. The molecule has 1 fully saturated rings. The van der Waals surface area contributed by atoms with Gasteiger partial charge in [0.2, 0.25) is 0 Å². The summed E-state index contributed by atoms with van der Waals surface area (Å²) in [6.45, 7) is -0.0234. The highest BCUT2D eigenvalue weighted by Gasteiger charge is 2.39. The van der Waals surface area contributed by atoms with Crippen molar-refractivity contribution >= 4 is 29.3 Å². The first-order chi connectivity index (χ1) is 16.8. The van der Waals surface area contributed by atoms with Crippen LogP contribution in [-0.2, 0) is 31.9 Å². The largest absolute Gasteiger partial charge is 0.441 e. The second-order valence-corrected chi connectivity index (χ2v) is 9.45. The van der Waals surface area contributed by atoms with E-state index in [1.54, 1.807) is 18.1 Å². The Hall–Kier alpha value is -3.40. The summed E-state index contributed by atoms with van der Waals surface area (Å²) < 4.78 is 22.4. The molecule has 5 rings (SSSR count). The highest BCUT2D eigenvalue weighted by atomic mass is 35.5. The Morgan fingerprint density at radius 3 is 2.71 bits per heavy atom. The third-order valence-corrected chi connectivity index (χ3v) is 7.06. The number of aryl methyl sites for hydroxylation is 1. The van der Waals surface area contributed by atoms with E-state index in [2.05, 4.69) is 20.7 Å². The average molecular weight is 501 g/mol. The summed E-state index contributed by atoms with van der Waals surface area (Å²) in [5.41, 5.74) is 3.99. The maximum atomic E-state index is 13.5. The Morgan fingerprint density at radius 2 is 2.06 bits per heavy atom. The summed E-state index contributed by atoms with van der Waals surface area (Å²) in [5.74, 6) is -0.0750. The van der Waals surface area contributed by atoms with Crippen molar-refractivity contribution in [1.82, 2.24) is 24.6 Å². The van der Waals surface area contributed by atoms with Crippen LogP contribution in [0.1, 0.15) is 70.8 Å². The van der Waals surface area contributed by atoms with E-state index in [4.69, 9.17) is 16.3 Å². The second kappa shape index (κ2) is 9.33. The lowest BCUT2D eigenvalue weighted by Gasteiger charge is -2.29. The van der Waals surface area contributed by atoms with Crippen molar-refractivity contribution in [2.45, 2.75) is 50.7 Å². The van der Waals surface area contributed by atoms with Gasteiger partial charge in [-0.1, -0.05) is 18.0 Å². The van der Waals surface area contributed by atoms with E-state index >= 15 is 0 Å². The van der Waals surface area contributed by atoms with Crippen LogP contribution in [0, 0.1) is 5.82 Å². The van der Waals surface area contributed by atoms with Crippen LogP contribution in [0.4, 0.5) is 14.9 Å². The van der Waals surface area contributed by atoms with Crippen LogP contribution in [0.25, 0.3) is 0 Å². The first-order valence-corrected chi connectivity index (χ1v) is 11.9. The smallest absolute Gasteiger partial charge is 0.408 e. The van der Waals surface area contributed by atoms with Crippen LogP contribution in [0.3, 0.4) is 0 Å². The zero-order valence-corrected chi connectivity index (χ0v) is 20.2. The van der Waals surface area contributed by atoms with Crippen LogP contribution < -0.4 is 10.6 Å². The molecule has 0 aliphatic heterocycles. The Kier molecular flexibility index (Phi) is 6.22. The standard InChI is InChI=1S/C24H26ClFN6O3/c1-31-12-27-19(30-31)11-35-24(34)29-18-9-7-15-20(18)21(13-4-3-5-13)32(2)22(15)23(33)28-14-6-8-17(26)16(25)10-14/h6,8,10,12-13,18H,3-5,7,9,11H2,1-2H3,(H,28,33)(H,29,34). The van der Waals surface area contributed by atoms with E-state index in [1.807, 2.05) is 11.6 Å². The van der Waals surface area contributed by atoms with Crippen LogP contribution in [0.15, 0.2) is 24.5 Å². The summed E-state index contributed by atoms with van der Waals surface area (Å²) in [6, 6.07) is 3.84. The highest BCUT2D eigenvalue weighted by molar-refractivity contribution is 6.31.